The Morgan fingerprint density at radius 2 is 1.62 bits per heavy atom. The second-order valence-corrected chi connectivity index (χ2v) is 5.66. The molecule has 2 rings (SSSR count). The fourth-order valence-corrected chi connectivity index (χ4v) is 2.44. The minimum Gasteiger partial charge on any atom is -0.345 e. The number of amides is 1. The Kier molecular flexibility index (Phi) is 4.79. The third-order valence-corrected chi connectivity index (χ3v) is 3.83. The van der Waals surface area contributed by atoms with Crippen LogP contribution >= 0.6 is 0 Å². The van der Waals surface area contributed by atoms with Crippen LogP contribution < -0.4 is 5.32 Å². The van der Waals surface area contributed by atoms with E-state index in [9.17, 15) is 4.79 Å². The number of benzene rings is 2. The summed E-state index contributed by atoms with van der Waals surface area (Å²) in [5, 5.41) is 3.15. The van der Waals surface area contributed by atoms with Crippen molar-refractivity contribution in [1.82, 2.24) is 5.32 Å². The molecule has 0 aliphatic heterocycles. The van der Waals surface area contributed by atoms with Crippen molar-refractivity contribution in [3.63, 3.8) is 0 Å². The molecule has 0 fully saturated rings. The second-order valence-electron chi connectivity index (χ2n) is 5.66. The monoisotopic (exact) mass is 281 g/mol. The van der Waals surface area contributed by atoms with Gasteiger partial charge in [-0.15, -0.1) is 0 Å². The van der Waals surface area contributed by atoms with E-state index in [1.807, 2.05) is 32.0 Å². The number of nitrogens with one attached hydrogen (secondary N) is 1. The molecule has 1 amide bonds. The largest absolute Gasteiger partial charge is 0.345 e. The zero-order valence-electron chi connectivity index (χ0n) is 13.2. The average Bonchev–Trinajstić information content (AvgIpc) is 2.48. The summed E-state index contributed by atoms with van der Waals surface area (Å²) in [5.74, 6) is 0.00336. The SMILES string of the molecule is CCC(NC(=O)c1cc(C)ccc1C)c1ccc(C)cc1. The molecule has 0 radical (unpaired) electrons. The molecule has 21 heavy (non-hydrogen) atoms. The van der Waals surface area contributed by atoms with E-state index in [0.717, 1.165) is 28.7 Å². The van der Waals surface area contributed by atoms with E-state index in [2.05, 4.69) is 43.4 Å². The van der Waals surface area contributed by atoms with Crippen molar-refractivity contribution < 1.29 is 4.79 Å². The molecule has 0 spiro atoms. The molecule has 110 valence electrons. The smallest absolute Gasteiger partial charge is 0.252 e. The fraction of sp³-hybridized carbons (Fsp3) is 0.316. The fourth-order valence-electron chi connectivity index (χ4n) is 2.44. The maximum absolute atomic E-state index is 12.5. The highest BCUT2D eigenvalue weighted by atomic mass is 16.1. The minimum absolute atomic E-state index is 0.00336. The number of carbonyl (C=O) groups is 1. The standard InChI is InChI=1S/C19H23NO/c1-5-18(16-10-7-13(2)8-11-16)20-19(21)17-12-14(3)6-9-15(17)4/h6-12,18H,5H2,1-4H3,(H,20,21). The van der Waals surface area contributed by atoms with Crippen LogP contribution in [0.25, 0.3) is 0 Å². The van der Waals surface area contributed by atoms with E-state index in [1.165, 1.54) is 5.56 Å². The first-order valence-corrected chi connectivity index (χ1v) is 7.46. The van der Waals surface area contributed by atoms with E-state index >= 15 is 0 Å². The van der Waals surface area contributed by atoms with Crippen molar-refractivity contribution in [2.75, 3.05) is 0 Å². The van der Waals surface area contributed by atoms with Crippen LogP contribution in [0.2, 0.25) is 0 Å². The van der Waals surface area contributed by atoms with E-state index in [1.54, 1.807) is 0 Å². The molecule has 2 aromatic rings. The number of hydrogen-bond donors (Lipinski definition) is 1. The van der Waals surface area contributed by atoms with Gasteiger partial charge in [0.1, 0.15) is 0 Å². The van der Waals surface area contributed by atoms with Gasteiger partial charge in [0, 0.05) is 5.56 Å². The summed E-state index contributed by atoms with van der Waals surface area (Å²) in [6, 6.07) is 14.4. The molecule has 2 nitrogen and oxygen atoms in total. The van der Waals surface area contributed by atoms with Crippen molar-refractivity contribution in [3.8, 4) is 0 Å². The van der Waals surface area contributed by atoms with Crippen molar-refractivity contribution in [1.29, 1.82) is 0 Å². The summed E-state index contributed by atoms with van der Waals surface area (Å²) in [6.45, 7) is 8.14. The lowest BCUT2D eigenvalue weighted by Crippen LogP contribution is -2.28. The summed E-state index contributed by atoms with van der Waals surface area (Å²) in [6.07, 6.45) is 0.875. The first-order valence-electron chi connectivity index (χ1n) is 7.46. The Hall–Kier alpha value is -2.09. The van der Waals surface area contributed by atoms with Gasteiger partial charge in [0.05, 0.1) is 6.04 Å². The molecular formula is C19H23NO. The molecule has 1 unspecified atom stereocenters. The zero-order chi connectivity index (χ0) is 15.4. The Morgan fingerprint density at radius 3 is 2.24 bits per heavy atom. The van der Waals surface area contributed by atoms with Crippen LogP contribution in [-0.2, 0) is 0 Å². The van der Waals surface area contributed by atoms with E-state index in [-0.39, 0.29) is 11.9 Å². The van der Waals surface area contributed by atoms with Crippen LogP contribution in [-0.4, -0.2) is 5.91 Å². The van der Waals surface area contributed by atoms with Crippen molar-refractivity contribution >= 4 is 5.91 Å². The molecule has 2 aromatic carbocycles. The molecule has 0 heterocycles. The lowest BCUT2D eigenvalue weighted by Gasteiger charge is -2.18. The molecule has 0 aliphatic carbocycles. The predicted molar refractivity (Wildman–Crippen MR) is 87.6 cm³/mol. The first-order chi connectivity index (χ1) is 10.0. The Balaban J connectivity index is 2.20. The lowest BCUT2D eigenvalue weighted by molar-refractivity contribution is 0.0935. The molecule has 0 aromatic heterocycles. The van der Waals surface area contributed by atoms with Crippen LogP contribution in [0.4, 0.5) is 0 Å². The summed E-state index contributed by atoms with van der Waals surface area (Å²) >= 11 is 0. The van der Waals surface area contributed by atoms with E-state index in [4.69, 9.17) is 0 Å². The van der Waals surface area contributed by atoms with Crippen LogP contribution in [0.1, 0.15) is 52.0 Å². The normalized spacial score (nSPS) is 12.0. The molecule has 1 N–H and O–H groups in total. The van der Waals surface area contributed by atoms with Crippen LogP contribution in [0.5, 0.6) is 0 Å². The predicted octanol–water partition coefficient (Wildman–Crippen LogP) is 4.49. The summed E-state index contributed by atoms with van der Waals surface area (Å²) in [4.78, 5) is 12.5. The highest BCUT2D eigenvalue weighted by Crippen LogP contribution is 2.19. The van der Waals surface area contributed by atoms with Gasteiger partial charge in [-0.25, -0.2) is 0 Å². The van der Waals surface area contributed by atoms with Crippen molar-refractivity contribution in [2.45, 2.75) is 40.2 Å². The third-order valence-electron chi connectivity index (χ3n) is 3.83. The zero-order valence-corrected chi connectivity index (χ0v) is 13.2. The van der Waals surface area contributed by atoms with Gasteiger partial charge in [-0.2, -0.15) is 0 Å². The topological polar surface area (TPSA) is 29.1 Å². The van der Waals surface area contributed by atoms with Gasteiger partial charge >= 0.3 is 0 Å². The van der Waals surface area contributed by atoms with Crippen LogP contribution in [0.15, 0.2) is 42.5 Å². The van der Waals surface area contributed by atoms with Gasteiger partial charge in [0.25, 0.3) is 5.91 Å². The van der Waals surface area contributed by atoms with Crippen LogP contribution in [0, 0.1) is 20.8 Å². The summed E-state index contributed by atoms with van der Waals surface area (Å²) in [7, 11) is 0. The van der Waals surface area contributed by atoms with E-state index in [0.29, 0.717) is 0 Å². The molecule has 0 saturated heterocycles. The number of rotatable bonds is 4. The first kappa shape index (κ1) is 15.3. The molecule has 0 aliphatic rings. The van der Waals surface area contributed by atoms with Crippen LogP contribution in [0.3, 0.4) is 0 Å². The average molecular weight is 281 g/mol. The van der Waals surface area contributed by atoms with Gasteiger partial charge < -0.3 is 5.32 Å². The lowest BCUT2D eigenvalue weighted by atomic mass is 10.0. The third kappa shape index (κ3) is 3.72. The molecule has 0 bridgehead atoms. The quantitative estimate of drug-likeness (QED) is 0.878. The summed E-state index contributed by atoms with van der Waals surface area (Å²) < 4.78 is 0. The summed E-state index contributed by atoms with van der Waals surface area (Å²) in [5.41, 5.74) is 5.27. The second kappa shape index (κ2) is 6.57. The van der Waals surface area contributed by atoms with Gasteiger partial charge in [0.2, 0.25) is 0 Å². The maximum atomic E-state index is 12.5. The molecule has 2 heteroatoms. The Labute approximate surface area is 127 Å². The Morgan fingerprint density at radius 1 is 1.00 bits per heavy atom. The van der Waals surface area contributed by atoms with Gasteiger partial charge in [0.15, 0.2) is 0 Å². The molecule has 0 saturated carbocycles. The molecule has 1 atom stereocenters. The highest BCUT2D eigenvalue weighted by molar-refractivity contribution is 5.96. The van der Waals surface area contributed by atoms with Crippen molar-refractivity contribution in [3.05, 3.63) is 70.3 Å². The van der Waals surface area contributed by atoms with Crippen molar-refractivity contribution in [2.24, 2.45) is 0 Å². The number of aryl methyl sites for hydroxylation is 3. The number of hydrogen-bond acceptors (Lipinski definition) is 1. The minimum atomic E-state index is 0.00336. The van der Waals surface area contributed by atoms with Gasteiger partial charge in [-0.1, -0.05) is 54.4 Å². The Bertz CT molecular complexity index is 629. The van der Waals surface area contributed by atoms with Gasteiger partial charge in [-0.3, -0.25) is 4.79 Å². The highest BCUT2D eigenvalue weighted by Gasteiger charge is 2.15. The number of carbonyl (C=O) groups excluding carboxylic acids is 1. The van der Waals surface area contributed by atoms with E-state index < -0.39 is 0 Å². The maximum Gasteiger partial charge on any atom is 0.252 e. The molecular weight excluding hydrogens is 258 g/mol. The van der Waals surface area contributed by atoms with Gasteiger partial charge in [-0.05, 0) is 44.4 Å².